The quantitative estimate of drug-likeness (QED) is 0.633. The molecule has 4 rings (SSSR count). The van der Waals surface area contributed by atoms with E-state index in [1.165, 1.54) is 21.1 Å². The van der Waals surface area contributed by atoms with Crippen molar-refractivity contribution in [2.24, 2.45) is 12.1 Å². The smallest absolute Gasteiger partial charge is 0.298 e. The van der Waals surface area contributed by atoms with E-state index in [-0.39, 0.29) is 30.6 Å². The van der Waals surface area contributed by atoms with Gasteiger partial charge < -0.3 is 0 Å². The maximum absolute atomic E-state index is 13.4. The van der Waals surface area contributed by atoms with Crippen LogP contribution in [0.3, 0.4) is 0 Å². The number of hydrogen-bond acceptors (Lipinski definition) is 6. The van der Waals surface area contributed by atoms with Gasteiger partial charge in [-0.3, -0.25) is 23.3 Å². The molecule has 2 aromatic heterocycles. The van der Waals surface area contributed by atoms with Gasteiger partial charge in [0.25, 0.3) is 5.56 Å². The summed E-state index contributed by atoms with van der Waals surface area (Å²) in [5.41, 5.74) is 1.17. The van der Waals surface area contributed by atoms with Gasteiger partial charge >= 0.3 is 5.69 Å². The van der Waals surface area contributed by atoms with Crippen molar-refractivity contribution < 1.29 is 4.79 Å². The molecule has 156 valence electrons. The van der Waals surface area contributed by atoms with E-state index in [0.717, 1.165) is 11.3 Å². The number of hydrogen-bond donors (Lipinski definition) is 0. The number of carbonyl (C=O) groups is 1. The summed E-state index contributed by atoms with van der Waals surface area (Å²) in [4.78, 5) is 42.6. The summed E-state index contributed by atoms with van der Waals surface area (Å²) in [6, 6.07) is 6.74. The number of nitrogens with zero attached hydrogens (tertiary/aromatic N) is 6. The summed E-state index contributed by atoms with van der Waals surface area (Å²) in [7, 11) is 1.58. The van der Waals surface area contributed by atoms with E-state index in [1.807, 2.05) is 13.8 Å². The first-order valence-electron chi connectivity index (χ1n) is 9.47. The van der Waals surface area contributed by atoms with Crippen molar-refractivity contribution in [3.63, 3.8) is 0 Å². The Morgan fingerprint density at radius 3 is 2.50 bits per heavy atom. The van der Waals surface area contributed by atoms with Gasteiger partial charge in [0.1, 0.15) is 6.54 Å². The lowest BCUT2D eigenvalue weighted by Crippen LogP contribution is -2.40. The Labute approximate surface area is 176 Å². The lowest BCUT2D eigenvalue weighted by atomic mass is 10.2. The first-order chi connectivity index (χ1) is 14.2. The van der Waals surface area contributed by atoms with Crippen molar-refractivity contribution in [3.05, 3.63) is 55.7 Å². The number of carbonyl (C=O) groups excluding carboxylic acids is 1. The van der Waals surface area contributed by atoms with Gasteiger partial charge in [-0.25, -0.2) is 9.80 Å². The van der Waals surface area contributed by atoms with Gasteiger partial charge in [0.2, 0.25) is 5.95 Å². The third-order valence-corrected chi connectivity index (χ3v) is 5.54. The summed E-state index contributed by atoms with van der Waals surface area (Å²) in [5, 5.41) is 6.51. The van der Waals surface area contributed by atoms with Crippen molar-refractivity contribution in [2.45, 2.75) is 33.4 Å². The standard InChI is InChI=1S/C20H21ClN6O3/c1-11(28)9-26-19-22-17-16(27(19)13(3)12(2)23-26)18(29)25(20(30)24(17)4)10-14-5-7-15(21)8-6-14/h5-8,13H,9-10H2,1-4H3/t13-/m0/s1. The zero-order chi connectivity index (χ0) is 21.7. The molecule has 0 amide bonds. The van der Waals surface area contributed by atoms with Crippen LogP contribution in [0.15, 0.2) is 39.0 Å². The second kappa shape index (κ2) is 7.24. The first kappa shape index (κ1) is 20.1. The average molecular weight is 429 g/mol. The number of imidazole rings is 1. The summed E-state index contributed by atoms with van der Waals surface area (Å²) in [6.07, 6.45) is 0. The van der Waals surface area contributed by atoms with Gasteiger partial charge in [0, 0.05) is 12.1 Å². The molecule has 0 fully saturated rings. The normalized spacial score (nSPS) is 16.0. The Morgan fingerprint density at radius 1 is 1.20 bits per heavy atom. The molecule has 10 heteroatoms. The Morgan fingerprint density at radius 2 is 1.87 bits per heavy atom. The summed E-state index contributed by atoms with van der Waals surface area (Å²) in [6.45, 7) is 5.34. The van der Waals surface area contributed by atoms with Gasteiger partial charge in [0.15, 0.2) is 16.9 Å². The van der Waals surface area contributed by atoms with Crippen LogP contribution in [0.5, 0.6) is 0 Å². The molecule has 0 radical (unpaired) electrons. The summed E-state index contributed by atoms with van der Waals surface area (Å²) < 4.78 is 4.29. The number of anilines is 1. The molecule has 1 atom stereocenters. The molecule has 0 aliphatic carbocycles. The van der Waals surface area contributed by atoms with Crippen LogP contribution in [0, 0.1) is 0 Å². The summed E-state index contributed by atoms with van der Waals surface area (Å²) in [5.74, 6) is 0.281. The fraction of sp³-hybridized carbons (Fsp3) is 0.350. The molecule has 0 spiro atoms. The van der Waals surface area contributed by atoms with Crippen molar-refractivity contribution in [2.75, 3.05) is 11.6 Å². The number of ketones is 1. The second-order valence-electron chi connectivity index (χ2n) is 7.49. The van der Waals surface area contributed by atoms with Crippen LogP contribution in [-0.2, 0) is 18.4 Å². The minimum Gasteiger partial charge on any atom is -0.298 e. The van der Waals surface area contributed by atoms with Crippen LogP contribution in [0.4, 0.5) is 5.95 Å². The lowest BCUT2D eigenvalue weighted by Gasteiger charge is -2.28. The molecule has 0 saturated heterocycles. The van der Waals surface area contributed by atoms with Gasteiger partial charge in [-0.15, -0.1) is 0 Å². The number of aromatic nitrogens is 4. The van der Waals surface area contributed by atoms with E-state index in [4.69, 9.17) is 11.6 Å². The minimum absolute atomic E-state index is 0.0281. The highest BCUT2D eigenvalue weighted by molar-refractivity contribution is 6.30. The molecule has 0 N–H and O–H groups in total. The number of hydrazone groups is 1. The van der Waals surface area contributed by atoms with Crippen LogP contribution in [0.1, 0.15) is 32.4 Å². The topological polar surface area (TPSA) is 94.5 Å². The van der Waals surface area contributed by atoms with E-state index < -0.39 is 11.2 Å². The Kier molecular flexibility index (Phi) is 4.85. The van der Waals surface area contributed by atoms with E-state index in [2.05, 4.69) is 10.1 Å². The molecule has 3 heterocycles. The lowest BCUT2D eigenvalue weighted by molar-refractivity contribution is -0.115. The number of fused-ring (bicyclic) bond motifs is 3. The molecular weight excluding hydrogens is 408 g/mol. The Balaban J connectivity index is 1.97. The van der Waals surface area contributed by atoms with Crippen LogP contribution < -0.4 is 16.3 Å². The van der Waals surface area contributed by atoms with Gasteiger partial charge in [0.05, 0.1) is 18.3 Å². The third kappa shape index (κ3) is 3.15. The monoisotopic (exact) mass is 428 g/mol. The fourth-order valence-corrected chi connectivity index (χ4v) is 3.74. The molecule has 1 aromatic carbocycles. The van der Waals surface area contributed by atoms with Gasteiger partial charge in [-0.05, 0) is 38.5 Å². The van der Waals surface area contributed by atoms with E-state index >= 15 is 0 Å². The van der Waals surface area contributed by atoms with Crippen molar-refractivity contribution in [3.8, 4) is 0 Å². The number of Topliss-reactive ketones (excluding diaryl/α,β-unsaturated/α-hetero) is 1. The predicted molar refractivity (Wildman–Crippen MR) is 116 cm³/mol. The number of aryl methyl sites for hydroxylation is 1. The minimum atomic E-state index is -0.471. The predicted octanol–water partition coefficient (Wildman–Crippen LogP) is 1.94. The Hall–Kier alpha value is -3.20. The van der Waals surface area contributed by atoms with Crippen molar-refractivity contribution in [1.29, 1.82) is 0 Å². The highest BCUT2D eigenvalue weighted by Crippen LogP contribution is 2.29. The van der Waals surface area contributed by atoms with E-state index in [0.29, 0.717) is 16.5 Å². The molecule has 1 aliphatic heterocycles. The molecule has 0 saturated carbocycles. The molecular formula is C20H21ClN6O3. The molecule has 0 unspecified atom stereocenters. The highest BCUT2D eigenvalue weighted by Gasteiger charge is 2.31. The summed E-state index contributed by atoms with van der Waals surface area (Å²) >= 11 is 5.94. The second-order valence-corrected chi connectivity index (χ2v) is 7.93. The van der Waals surface area contributed by atoms with Crippen LogP contribution in [-0.4, -0.2) is 36.7 Å². The maximum atomic E-state index is 13.4. The largest absolute Gasteiger partial charge is 0.332 e. The SMILES string of the molecule is CC(=O)CN1N=C(C)[C@H](C)n2c1nc1c2c(=O)n(Cc2ccc(Cl)cc2)c(=O)n1C. The van der Waals surface area contributed by atoms with Crippen LogP contribution in [0.25, 0.3) is 11.2 Å². The van der Waals surface area contributed by atoms with E-state index in [9.17, 15) is 14.4 Å². The zero-order valence-electron chi connectivity index (χ0n) is 17.1. The maximum Gasteiger partial charge on any atom is 0.332 e. The molecule has 9 nitrogen and oxygen atoms in total. The zero-order valence-corrected chi connectivity index (χ0v) is 17.8. The molecule has 30 heavy (non-hydrogen) atoms. The Bertz CT molecular complexity index is 1320. The van der Waals surface area contributed by atoms with Crippen molar-refractivity contribution in [1.82, 2.24) is 18.7 Å². The third-order valence-electron chi connectivity index (χ3n) is 5.28. The fourth-order valence-electron chi connectivity index (χ4n) is 3.61. The number of benzene rings is 1. The molecule has 3 aromatic rings. The average Bonchev–Trinajstić information content (AvgIpc) is 3.10. The number of rotatable bonds is 4. The van der Waals surface area contributed by atoms with E-state index in [1.54, 1.807) is 35.9 Å². The van der Waals surface area contributed by atoms with Crippen LogP contribution >= 0.6 is 11.6 Å². The van der Waals surface area contributed by atoms with Gasteiger partial charge in [-0.2, -0.15) is 10.1 Å². The number of halogens is 1. The molecule has 1 aliphatic rings. The van der Waals surface area contributed by atoms with Gasteiger partial charge in [-0.1, -0.05) is 23.7 Å². The molecule has 0 bridgehead atoms. The first-order valence-corrected chi connectivity index (χ1v) is 9.85. The van der Waals surface area contributed by atoms with Crippen molar-refractivity contribution >= 4 is 40.2 Å². The van der Waals surface area contributed by atoms with Crippen LogP contribution in [0.2, 0.25) is 5.02 Å². The highest BCUT2D eigenvalue weighted by atomic mass is 35.5.